The second kappa shape index (κ2) is 7.06. The van der Waals surface area contributed by atoms with Crippen LogP contribution in [0.3, 0.4) is 0 Å². The Morgan fingerprint density at radius 1 is 1.29 bits per heavy atom. The maximum atomic E-state index is 12.5. The molecule has 1 heterocycles. The van der Waals surface area contributed by atoms with Crippen molar-refractivity contribution < 1.29 is 14.7 Å². The summed E-state index contributed by atoms with van der Waals surface area (Å²) in [5, 5.41) is 9.04. The third-order valence-electron chi connectivity index (χ3n) is 3.81. The van der Waals surface area contributed by atoms with Gasteiger partial charge in [-0.2, -0.15) is 0 Å². The standard InChI is InChI=1S/C15H21N3O3/c1-17(10-12-6-8-16-9-7-12)15(21)18(11-14(19)20)13-4-2-3-5-13/h6-9,13H,2-5,10-11H2,1H3,(H,19,20). The number of pyridine rings is 1. The summed E-state index contributed by atoms with van der Waals surface area (Å²) in [7, 11) is 1.70. The summed E-state index contributed by atoms with van der Waals surface area (Å²) in [6, 6.07) is 3.52. The highest BCUT2D eigenvalue weighted by atomic mass is 16.4. The van der Waals surface area contributed by atoms with E-state index in [4.69, 9.17) is 5.11 Å². The summed E-state index contributed by atoms with van der Waals surface area (Å²) in [6.45, 7) is 0.217. The van der Waals surface area contributed by atoms with Crippen molar-refractivity contribution in [1.29, 1.82) is 0 Å². The van der Waals surface area contributed by atoms with Gasteiger partial charge in [-0.3, -0.25) is 9.78 Å². The molecule has 0 saturated heterocycles. The van der Waals surface area contributed by atoms with E-state index >= 15 is 0 Å². The first kappa shape index (κ1) is 15.3. The molecule has 0 spiro atoms. The molecule has 1 fully saturated rings. The zero-order valence-electron chi connectivity index (χ0n) is 12.2. The number of carbonyl (C=O) groups excluding carboxylic acids is 1. The normalized spacial score (nSPS) is 14.9. The molecule has 1 aromatic heterocycles. The predicted molar refractivity (Wildman–Crippen MR) is 77.7 cm³/mol. The van der Waals surface area contributed by atoms with E-state index in [1.807, 2.05) is 12.1 Å². The largest absolute Gasteiger partial charge is 0.480 e. The molecule has 0 aromatic carbocycles. The summed E-state index contributed by atoms with van der Waals surface area (Å²) < 4.78 is 0. The summed E-state index contributed by atoms with van der Waals surface area (Å²) in [5.41, 5.74) is 0.975. The molecule has 0 bridgehead atoms. The summed E-state index contributed by atoms with van der Waals surface area (Å²) in [6.07, 6.45) is 7.26. The highest BCUT2D eigenvalue weighted by Crippen LogP contribution is 2.24. The molecule has 6 heteroatoms. The lowest BCUT2D eigenvalue weighted by atomic mass is 10.2. The number of hydrogen-bond donors (Lipinski definition) is 1. The SMILES string of the molecule is CN(Cc1ccncc1)C(=O)N(CC(=O)O)C1CCCC1. The molecule has 2 amide bonds. The van der Waals surface area contributed by atoms with Gasteiger partial charge in [0.1, 0.15) is 6.54 Å². The first-order valence-electron chi connectivity index (χ1n) is 7.20. The third-order valence-corrected chi connectivity index (χ3v) is 3.81. The second-order valence-electron chi connectivity index (χ2n) is 5.45. The average molecular weight is 291 g/mol. The quantitative estimate of drug-likeness (QED) is 0.900. The number of carbonyl (C=O) groups is 2. The molecular formula is C15H21N3O3. The van der Waals surface area contributed by atoms with E-state index < -0.39 is 5.97 Å². The molecule has 1 aliphatic carbocycles. The van der Waals surface area contributed by atoms with Crippen molar-refractivity contribution in [3.63, 3.8) is 0 Å². The van der Waals surface area contributed by atoms with Crippen molar-refractivity contribution >= 4 is 12.0 Å². The van der Waals surface area contributed by atoms with E-state index in [1.165, 1.54) is 4.90 Å². The maximum absolute atomic E-state index is 12.5. The molecule has 0 radical (unpaired) electrons. The van der Waals surface area contributed by atoms with Crippen LogP contribution in [0.2, 0.25) is 0 Å². The smallest absolute Gasteiger partial charge is 0.323 e. The Kier molecular flexibility index (Phi) is 5.14. The van der Waals surface area contributed by atoms with Crippen molar-refractivity contribution in [3.05, 3.63) is 30.1 Å². The molecule has 114 valence electrons. The van der Waals surface area contributed by atoms with Gasteiger partial charge in [0.2, 0.25) is 0 Å². The van der Waals surface area contributed by atoms with Crippen LogP contribution < -0.4 is 0 Å². The van der Waals surface area contributed by atoms with Crippen LogP contribution in [0.25, 0.3) is 0 Å². The Bertz CT molecular complexity index is 486. The van der Waals surface area contributed by atoms with Crippen molar-refractivity contribution in [1.82, 2.24) is 14.8 Å². The van der Waals surface area contributed by atoms with E-state index in [0.29, 0.717) is 6.54 Å². The van der Waals surface area contributed by atoms with Crippen LogP contribution in [0.5, 0.6) is 0 Å². The first-order chi connectivity index (χ1) is 10.1. The van der Waals surface area contributed by atoms with Gasteiger partial charge in [0.15, 0.2) is 0 Å². The minimum absolute atomic E-state index is 0.0495. The molecule has 0 unspecified atom stereocenters. The number of rotatable bonds is 5. The van der Waals surface area contributed by atoms with E-state index in [2.05, 4.69) is 4.98 Å². The second-order valence-corrected chi connectivity index (χ2v) is 5.45. The Hall–Kier alpha value is -2.11. The van der Waals surface area contributed by atoms with E-state index in [0.717, 1.165) is 31.2 Å². The van der Waals surface area contributed by atoms with Gasteiger partial charge in [-0.1, -0.05) is 12.8 Å². The van der Waals surface area contributed by atoms with Gasteiger partial charge in [0.25, 0.3) is 0 Å². The highest BCUT2D eigenvalue weighted by Gasteiger charge is 2.30. The maximum Gasteiger partial charge on any atom is 0.323 e. The van der Waals surface area contributed by atoms with Gasteiger partial charge in [-0.15, -0.1) is 0 Å². The number of urea groups is 1. The molecule has 6 nitrogen and oxygen atoms in total. The van der Waals surface area contributed by atoms with Gasteiger partial charge < -0.3 is 14.9 Å². The van der Waals surface area contributed by atoms with Crippen LogP contribution in [-0.2, 0) is 11.3 Å². The number of amides is 2. The Labute approximate surface area is 124 Å². The van der Waals surface area contributed by atoms with Crippen molar-refractivity contribution in [2.45, 2.75) is 38.3 Å². The Morgan fingerprint density at radius 3 is 2.48 bits per heavy atom. The van der Waals surface area contributed by atoms with E-state index in [1.54, 1.807) is 24.3 Å². The minimum atomic E-state index is -0.965. The molecule has 2 rings (SSSR count). The molecule has 1 aromatic rings. The molecule has 1 aliphatic rings. The van der Waals surface area contributed by atoms with Gasteiger partial charge in [-0.25, -0.2) is 4.79 Å². The highest BCUT2D eigenvalue weighted by molar-refractivity contribution is 5.80. The summed E-state index contributed by atoms with van der Waals surface area (Å²) in [5.74, 6) is -0.965. The predicted octanol–water partition coefficient (Wildman–Crippen LogP) is 1.96. The number of carboxylic acid groups (broad SMARTS) is 1. The third kappa shape index (κ3) is 4.18. The molecular weight excluding hydrogens is 270 g/mol. The van der Waals surface area contributed by atoms with Gasteiger partial charge in [0, 0.05) is 32.0 Å². The molecule has 1 saturated carbocycles. The van der Waals surface area contributed by atoms with Gasteiger partial charge in [0.05, 0.1) is 0 Å². The Balaban J connectivity index is 2.04. The number of hydrogen-bond acceptors (Lipinski definition) is 3. The van der Waals surface area contributed by atoms with Crippen molar-refractivity contribution in [2.24, 2.45) is 0 Å². The van der Waals surface area contributed by atoms with Crippen molar-refractivity contribution in [3.8, 4) is 0 Å². The zero-order valence-corrected chi connectivity index (χ0v) is 12.2. The fourth-order valence-electron chi connectivity index (χ4n) is 2.76. The summed E-state index contributed by atoms with van der Waals surface area (Å²) >= 11 is 0. The monoisotopic (exact) mass is 291 g/mol. The lowest BCUT2D eigenvalue weighted by Crippen LogP contribution is -2.48. The van der Waals surface area contributed by atoms with Gasteiger partial charge >= 0.3 is 12.0 Å². The molecule has 0 aliphatic heterocycles. The lowest BCUT2D eigenvalue weighted by molar-refractivity contribution is -0.138. The minimum Gasteiger partial charge on any atom is -0.480 e. The molecule has 1 N–H and O–H groups in total. The zero-order chi connectivity index (χ0) is 15.2. The summed E-state index contributed by atoms with van der Waals surface area (Å²) in [4.78, 5) is 30.6. The lowest BCUT2D eigenvalue weighted by Gasteiger charge is -2.31. The van der Waals surface area contributed by atoms with Crippen LogP contribution in [0, 0.1) is 0 Å². The van der Waals surface area contributed by atoms with Crippen LogP contribution in [0.1, 0.15) is 31.2 Å². The number of nitrogens with zero attached hydrogens (tertiary/aromatic N) is 3. The molecule has 0 atom stereocenters. The van der Waals surface area contributed by atoms with Crippen LogP contribution in [-0.4, -0.2) is 51.5 Å². The van der Waals surface area contributed by atoms with Crippen molar-refractivity contribution in [2.75, 3.05) is 13.6 Å². The van der Waals surface area contributed by atoms with E-state index in [9.17, 15) is 9.59 Å². The topological polar surface area (TPSA) is 73.7 Å². The Morgan fingerprint density at radius 2 is 1.90 bits per heavy atom. The fraction of sp³-hybridized carbons (Fsp3) is 0.533. The van der Waals surface area contributed by atoms with Gasteiger partial charge in [-0.05, 0) is 30.5 Å². The molecule has 21 heavy (non-hydrogen) atoms. The number of carboxylic acids is 1. The number of aromatic nitrogens is 1. The van der Waals surface area contributed by atoms with E-state index in [-0.39, 0.29) is 18.6 Å². The number of aliphatic carboxylic acids is 1. The van der Waals surface area contributed by atoms with Crippen LogP contribution in [0.15, 0.2) is 24.5 Å². The van der Waals surface area contributed by atoms with Crippen LogP contribution in [0.4, 0.5) is 4.79 Å². The average Bonchev–Trinajstić information content (AvgIpc) is 2.99. The van der Waals surface area contributed by atoms with Crippen LogP contribution >= 0.6 is 0 Å². The fourth-order valence-corrected chi connectivity index (χ4v) is 2.76. The first-order valence-corrected chi connectivity index (χ1v) is 7.20.